The summed E-state index contributed by atoms with van der Waals surface area (Å²) in [7, 11) is 3.45. The molecule has 1 unspecified atom stereocenters. The summed E-state index contributed by atoms with van der Waals surface area (Å²) in [5.74, 6) is 0.688. The van der Waals surface area contributed by atoms with Gasteiger partial charge in [0, 0.05) is 30.5 Å². The molecule has 0 spiro atoms. The first-order chi connectivity index (χ1) is 14.5. The summed E-state index contributed by atoms with van der Waals surface area (Å²) in [6.45, 7) is 1.91. The van der Waals surface area contributed by atoms with E-state index in [-0.39, 0.29) is 24.0 Å². The molecule has 1 aliphatic carbocycles. The number of methoxy groups -OCH3 is 1. The summed E-state index contributed by atoms with van der Waals surface area (Å²) in [6.07, 6.45) is 3.77. The first-order valence-electron chi connectivity index (χ1n) is 10.4. The number of carbonyl (C=O) groups is 1. The standard InChI is InChI=1S/C25H27NO4/c1-16-19-12-11-18(29-3)15-23(19)30-25(28)20(16)13-14-24(27)26(2)22-10-6-8-17-7-4-5-9-21(17)22/h4-5,7,9,11-12,15,22H,6,8,10,13-14H2,1-3H3. The van der Waals surface area contributed by atoms with E-state index < -0.39 is 0 Å². The quantitative estimate of drug-likeness (QED) is 0.583. The van der Waals surface area contributed by atoms with Gasteiger partial charge in [-0.15, -0.1) is 0 Å². The van der Waals surface area contributed by atoms with E-state index in [9.17, 15) is 9.59 Å². The molecular formula is C25H27NO4. The van der Waals surface area contributed by atoms with Crippen LogP contribution in [0, 0.1) is 6.92 Å². The van der Waals surface area contributed by atoms with E-state index in [0.717, 1.165) is 30.2 Å². The minimum Gasteiger partial charge on any atom is -0.497 e. The first-order valence-corrected chi connectivity index (χ1v) is 10.4. The lowest BCUT2D eigenvalue weighted by molar-refractivity contribution is -0.132. The van der Waals surface area contributed by atoms with E-state index >= 15 is 0 Å². The lowest BCUT2D eigenvalue weighted by atomic mass is 9.87. The van der Waals surface area contributed by atoms with Gasteiger partial charge in [-0.1, -0.05) is 24.3 Å². The lowest BCUT2D eigenvalue weighted by Crippen LogP contribution is -2.33. The van der Waals surface area contributed by atoms with E-state index in [1.807, 2.05) is 37.1 Å². The second-order valence-electron chi connectivity index (χ2n) is 7.97. The summed E-state index contributed by atoms with van der Waals surface area (Å²) < 4.78 is 10.7. The monoisotopic (exact) mass is 405 g/mol. The second kappa shape index (κ2) is 8.34. The highest BCUT2D eigenvalue weighted by Gasteiger charge is 2.26. The molecule has 30 heavy (non-hydrogen) atoms. The molecule has 0 aliphatic heterocycles. The Bertz CT molecular complexity index is 1150. The summed E-state index contributed by atoms with van der Waals surface area (Å²) in [6, 6.07) is 13.9. The molecule has 5 heteroatoms. The van der Waals surface area contributed by atoms with Crippen LogP contribution < -0.4 is 10.4 Å². The number of carbonyl (C=O) groups excluding carboxylic acids is 1. The van der Waals surface area contributed by atoms with Gasteiger partial charge in [-0.3, -0.25) is 4.79 Å². The van der Waals surface area contributed by atoms with Gasteiger partial charge in [-0.25, -0.2) is 4.79 Å². The van der Waals surface area contributed by atoms with Crippen molar-refractivity contribution in [2.24, 2.45) is 0 Å². The largest absolute Gasteiger partial charge is 0.497 e. The van der Waals surface area contributed by atoms with Crippen LogP contribution in [-0.4, -0.2) is 25.0 Å². The van der Waals surface area contributed by atoms with E-state index in [4.69, 9.17) is 9.15 Å². The van der Waals surface area contributed by atoms with Crippen LogP contribution in [0.1, 0.15) is 47.6 Å². The van der Waals surface area contributed by atoms with Crippen LogP contribution in [0.4, 0.5) is 0 Å². The lowest BCUT2D eigenvalue weighted by Gasteiger charge is -2.33. The average molecular weight is 405 g/mol. The van der Waals surface area contributed by atoms with Gasteiger partial charge in [0.1, 0.15) is 11.3 Å². The van der Waals surface area contributed by atoms with Crippen LogP contribution in [0.15, 0.2) is 51.7 Å². The van der Waals surface area contributed by atoms with Gasteiger partial charge in [-0.05, 0) is 61.4 Å². The smallest absolute Gasteiger partial charge is 0.339 e. The van der Waals surface area contributed by atoms with Crippen LogP contribution in [0.3, 0.4) is 0 Å². The summed E-state index contributed by atoms with van der Waals surface area (Å²) in [5.41, 5.74) is 4.13. The maximum atomic E-state index is 13.0. The van der Waals surface area contributed by atoms with Crippen molar-refractivity contribution in [2.75, 3.05) is 14.2 Å². The third-order valence-corrected chi connectivity index (χ3v) is 6.28. The Kier molecular flexibility index (Phi) is 5.62. The fourth-order valence-electron chi connectivity index (χ4n) is 4.50. The minimum atomic E-state index is -0.383. The molecule has 1 atom stereocenters. The number of ether oxygens (including phenoxy) is 1. The molecule has 1 aromatic heterocycles. The third kappa shape index (κ3) is 3.72. The van der Waals surface area contributed by atoms with Crippen molar-refractivity contribution in [3.63, 3.8) is 0 Å². The molecule has 1 amide bonds. The highest BCUT2D eigenvalue weighted by Crippen LogP contribution is 2.34. The molecule has 0 bridgehead atoms. The first kappa shape index (κ1) is 20.2. The fourth-order valence-corrected chi connectivity index (χ4v) is 4.50. The zero-order valence-electron chi connectivity index (χ0n) is 17.7. The Balaban J connectivity index is 1.53. The number of fused-ring (bicyclic) bond motifs is 2. The van der Waals surface area contributed by atoms with Gasteiger partial charge < -0.3 is 14.1 Å². The third-order valence-electron chi connectivity index (χ3n) is 6.28. The molecule has 2 aromatic carbocycles. The van der Waals surface area contributed by atoms with Crippen molar-refractivity contribution < 1.29 is 13.9 Å². The van der Waals surface area contributed by atoms with Gasteiger partial charge in [0.05, 0.1) is 13.2 Å². The Morgan fingerprint density at radius 1 is 1.23 bits per heavy atom. The molecule has 0 saturated heterocycles. The Labute approximate surface area is 176 Å². The van der Waals surface area contributed by atoms with E-state index in [0.29, 0.717) is 23.3 Å². The van der Waals surface area contributed by atoms with Crippen molar-refractivity contribution in [3.05, 3.63) is 75.1 Å². The van der Waals surface area contributed by atoms with Crippen LogP contribution in [0.5, 0.6) is 5.75 Å². The van der Waals surface area contributed by atoms with E-state index in [1.54, 1.807) is 13.2 Å². The fraction of sp³-hybridized carbons (Fsp3) is 0.360. The summed E-state index contributed by atoms with van der Waals surface area (Å²) in [5, 5.41) is 0.868. The topological polar surface area (TPSA) is 59.8 Å². The van der Waals surface area contributed by atoms with Crippen molar-refractivity contribution in [1.82, 2.24) is 4.90 Å². The molecule has 5 nitrogen and oxygen atoms in total. The van der Waals surface area contributed by atoms with Gasteiger partial charge in [0.2, 0.25) is 5.91 Å². The Morgan fingerprint density at radius 2 is 2.03 bits per heavy atom. The zero-order valence-corrected chi connectivity index (χ0v) is 17.7. The number of rotatable bonds is 5. The predicted molar refractivity (Wildman–Crippen MR) is 117 cm³/mol. The van der Waals surface area contributed by atoms with Gasteiger partial charge in [0.25, 0.3) is 0 Å². The Hall–Kier alpha value is -3.08. The molecule has 0 saturated carbocycles. The van der Waals surface area contributed by atoms with Crippen molar-refractivity contribution in [1.29, 1.82) is 0 Å². The highest BCUT2D eigenvalue weighted by molar-refractivity contribution is 5.83. The summed E-state index contributed by atoms with van der Waals surface area (Å²) >= 11 is 0. The van der Waals surface area contributed by atoms with Crippen molar-refractivity contribution in [3.8, 4) is 5.75 Å². The number of aryl methyl sites for hydroxylation is 2. The number of amides is 1. The molecule has 4 rings (SSSR count). The number of hydrogen-bond acceptors (Lipinski definition) is 4. The zero-order chi connectivity index (χ0) is 21.3. The molecular weight excluding hydrogens is 378 g/mol. The normalized spacial score (nSPS) is 15.6. The van der Waals surface area contributed by atoms with Gasteiger partial charge >= 0.3 is 5.63 Å². The SMILES string of the molecule is COc1ccc2c(C)c(CCC(=O)N(C)C3CCCc4ccccc43)c(=O)oc2c1. The molecule has 1 heterocycles. The molecule has 3 aromatic rings. The maximum Gasteiger partial charge on any atom is 0.339 e. The van der Waals surface area contributed by atoms with Crippen LogP contribution in [-0.2, 0) is 17.6 Å². The second-order valence-corrected chi connectivity index (χ2v) is 7.97. The number of hydrogen-bond donors (Lipinski definition) is 0. The van der Waals surface area contributed by atoms with Crippen molar-refractivity contribution in [2.45, 2.75) is 45.1 Å². The van der Waals surface area contributed by atoms with Gasteiger partial charge in [0.15, 0.2) is 0 Å². The van der Waals surface area contributed by atoms with Crippen LogP contribution >= 0.6 is 0 Å². The minimum absolute atomic E-state index is 0.0466. The molecule has 0 radical (unpaired) electrons. The van der Waals surface area contributed by atoms with E-state index in [1.165, 1.54) is 11.1 Å². The highest BCUT2D eigenvalue weighted by atomic mass is 16.5. The summed E-state index contributed by atoms with van der Waals surface area (Å²) in [4.78, 5) is 27.4. The number of benzene rings is 2. The molecule has 0 fully saturated rings. The van der Waals surface area contributed by atoms with E-state index in [2.05, 4.69) is 18.2 Å². The number of nitrogens with zero attached hydrogens (tertiary/aromatic N) is 1. The predicted octanol–water partition coefficient (Wildman–Crippen LogP) is 4.58. The molecule has 156 valence electrons. The maximum absolute atomic E-state index is 13.0. The van der Waals surface area contributed by atoms with Crippen LogP contribution in [0.2, 0.25) is 0 Å². The van der Waals surface area contributed by atoms with Crippen molar-refractivity contribution >= 4 is 16.9 Å². The van der Waals surface area contributed by atoms with Gasteiger partial charge in [-0.2, -0.15) is 0 Å². The average Bonchev–Trinajstić information content (AvgIpc) is 2.77. The Morgan fingerprint density at radius 3 is 2.83 bits per heavy atom. The molecule has 0 N–H and O–H groups in total. The molecule has 1 aliphatic rings. The van der Waals surface area contributed by atoms with Crippen LogP contribution in [0.25, 0.3) is 11.0 Å².